The quantitative estimate of drug-likeness (QED) is 0.229. The second-order valence-electron chi connectivity index (χ2n) is 11.0. The van der Waals surface area contributed by atoms with Gasteiger partial charge in [0.05, 0.1) is 12.9 Å². The van der Waals surface area contributed by atoms with Gasteiger partial charge in [-0.2, -0.15) is 0 Å². The van der Waals surface area contributed by atoms with Gasteiger partial charge in [-0.1, -0.05) is 75.4 Å². The van der Waals surface area contributed by atoms with Gasteiger partial charge in [-0.3, -0.25) is 4.67 Å². The molecule has 0 amide bonds. The van der Waals surface area contributed by atoms with Crippen molar-refractivity contribution in [1.82, 2.24) is 9.24 Å². The molecule has 4 heteroatoms. The van der Waals surface area contributed by atoms with E-state index in [1.54, 1.807) is 0 Å². The fourth-order valence-corrected chi connectivity index (χ4v) is 10.7. The van der Waals surface area contributed by atoms with Crippen LogP contribution >= 0.6 is 7.21 Å². The van der Waals surface area contributed by atoms with Gasteiger partial charge in [-0.25, -0.2) is 4.74 Å². The highest BCUT2D eigenvalue weighted by Gasteiger charge is 2.42. The molecule has 3 nitrogen and oxygen atoms in total. The molecule has 6 rings (SSSR count). The first-order chi connectivity index (χ1) is 17.4. The fraction of sp³-hybridized carbons (Fsp3) is 0.312. The molecule has 1 saturated heterocycles. The molecule has 0 aliphatic carbocycles. The number of nitrogens with zero attached hydrogens (tertiary/aromatic N) is 3. The van der Waals surface area contributed by atoms with Gasteiger partial charge < -0.3 is 4.57 Å². The third-order valence-electron chi connectivity index (χ3n) is 7.88. The lowest BCUT2D eigenvalue weighted by Gasteiger charge is -2.44. The zero-order chi connectivity index (χ0) is 24.9. The van der Waals surface area contributed by atoms with Crippen molar-refractivity contribution in [1.29, 1.82) is 0 Å². The van der Waals surface area contributed by atoms with Crippen molar-refractivity contribution in [2.24, 2.45) is 4.74 Å². The minimum absolute atomic E-state index is 0.00884. The van der Waals surface area contributed by atoms with Crippen LogP contribution in [0.1, 0.15) is 40.5 Å². The van der Waals surface area contributed by atoms with Crippen molar-refractivity contribution >= 4 is 50.8 Å². The summed E-state index contributed by atoms with van der Waals surface area (Å²) in [6.07, 6.45) is 2.50. The molecule has 2 heterocycles. The fourth-order valence-electron chi connectivity index (χ4n) is 6.26. The summed E-state index contributed by atoms with van der Waals surface area (Å²) in [5, 5.41) is 6.59. The molecule has 1 atom stereocenters. The molecule has 36 heavy (non-hydrogen) atoms. The normalized spacial score (nSPS) is 16.7. The lowest BCUT2D eigenvalue weighted by molar-refractivity contribution is 0.538. The maximum absolute atomic E-state index is 5.89. The van der Waals surface area contributed by atoms with Crippen LogP contribution in [-0.2, 0) is 6.54 Å². The Hall–Kier alpha value is -2.87. The Bertz CT molecular complexity index is 1630. The van der Waals surface area contributed by atoms with Gasteiger partial charge in [-0.05, 0) is 55.5 Å². The molecule has 1 aliphatic heterocycles. The van der Waals surface area contributed by atoms with E-state index < -0.39 is 7.21 Å². The second-order valence-corrected chi connectivity index (χ2v) is 14.8. The van der Waals surface area contributed by atoms with Crippen LogP contribution in [0.2, 0.25) is 0 Å². The predicted molar refractivity (Wildman–Crippen MR) is 158 cm³/mol. The monoisotopic (exact) mass is 493 g/mol. The van der Waals surface area contributed by atoms with Crippen molar-refractivity contribution in [2.45, 2.75) is 52.2 Å². The summed E-state index contributed by atoms with van der Waals surface area (Å²) in [4.78, 5) is 0. The van der Waals surface area contributed by atoms with Crippen molar-refractivity contribution in [3.63, 3.8) is 0 Å². The Morgan fingerprint density at radius 3 is 2.17 bits per heavy atom. The summed E-state index contributed by atoms with van der Waals surface area (Å²) in [5.41, 5.74) is 3.76. The largest absolute Gasteiger partial charge is 0.341 e. The molecule has 4 aromatic carbocycles. The third kappa shape index (κ3) is 3.56. The van der Waals surface area contributed by atoms with Gasteiger partial charge >= 0.3 is 0 Å². The first kappa shape index (κ1) is 23.5. The maximum Gasteiger partial charge on any atom is 0.0720 e. The minimum atomic E-state index is -2.14. The molecule has 0 N–H and O–H groups in total. The molecule has 1 aromatic heterocycles. The first-order valence-corrected chi connectivity index (χ1v) is 15.0. The van der Waals surface area contributed by atoms with Crippen molar-refractivity contribution in [3.8, 4) is 0 Å². The highest BCUT2D eigenvalue weighted by molar-refractivity contribution is 7.73. The number of rotatable bonds is 4. The zero-order valence-corrected chi connectivity index (χ0v) is 22.8. The standard InChI is InChI=1S/C32H36N3P/c1-5-35-30-18-9-8-16-27(30)28-23-25(19-20-31(28)35)36(32(2,3)4,34-21-10-11-22-34)33-29-17-12-14-24-13-6-7-15-26(24)29/h6-9,12-20,23H,5,10-11,21-22H2,1-4H3/t36-/m0/s1. The van der Waals surface area contributed by atoms with Gasteiger partial charge in [0.25, 0.3) is 0 Å². The maximum atomic E-state index is 5.89. The summed E-state index contributed by atoms with van der Waals surface area (Å²) in [5.74, 6) is 0. The van der Waals surface area contributed by atoms with Crippen molar-refractivity contribution < 1.29 is 0 Å². The van der Waals surface area contributed by atoms with Crippen LogP contribution < -0.4 is 5.30 Å². The number of aromatic nitrogens is 1. The highest BCUT2D eigenvalue weighted by atomic mass is 31.2. The number of benzene rings is 4. The highest BCUT2D eigenvalue weighted by Crippen LogP contribution is 2.65. The lowest BCUT2D eigenvalue weighted by Crippen LogP contribution is -2.35. The molecule has 0 spiro atoms. The Morgan fingerprint density at radius 1 is 0.750 bits per heavy atom. The Balaban J connectivity index is 1.72. The third-order valence-corrected chi connectivity index (χ3v) is 12.5. The van der Waals surface area contributed by atoms with Gasteiger partial charge in [0.2, 0.25) is 0 Å². The summed E-state index contributed by atoms with van der Waals surface area (Å²) in [7, 11) is -2.14. The van der Waals surface area contributed by atoms with Crippen LogP contribution in [0.25, 0.3) is 32.6 Å². The Kier molecular flexibility index (Phi) is 5.82. The van der Waals surface area contributed by atoms with Gasteiger partial charge in [0.1, 0.15) is 0 Å². The Labute approximate surface area is 214 Å². The van der Waals surface area contributed by atoms with Crippen LogP contribution in [0.5, 0.6) is 0 Å². The lowest BCUT2D eigenvalue weighted by atomic mass is 10.1. The van der Waals surface area contributed by atoms with E-state index in [0.29, 0.717) is 0 Å². The summed E-state index contributed by atoms with van der Waals surface area (Å²) >= 11 is 0. The van der Waals surface area contributed by atoms with Gasteiger partial charge in [-0.15, -0.1) is 0 Å². The number of fused-ring (bicyclic) bond motifs is 4. The van der Waals surface area contributed by atoms with E-state index in [2.05, 4.69) is 122 Å². The molecular weight excluding hydrogens is 457 g/mol. The zero-order valence-electron chi connectivity index (χ0n) is 21.9. The van der Waals surface area contributed by atoms with E-state index in [0.717, 1.165) is 25.3 Å². The average Bonchev–Trinajstić information content (AvgIpc) is 3.53. The molecule has 1 aliphatic rings. The molecule has 1 fully saturated rings. The van der Waals surface area contributed by atoms with Crippen LogP contribution in [0.3, 0.4) is 0 Å². The van der Waals surface area contributed by atoms with E-state index in [1.807, 2.05) is 0 Å². The molecule has 0 saturated carbocycles. The van der Waals surface area contributed by atoms with Crippen LogP contribution in [-0.4, -0.2) is 27.5 Å². The molecule has 0 bridgehead atoms. The van der Waals surface area contributed by atoms with Crippen LogP contribution in [0, 0.1) is 0 Å². The van der Waals surface area contributed by atoms with E-state index in [4.69, 9.17) is 4.74 Å². The molecular formula is C32H36N3P. The number of aryl methyl sites for hydroxylation is 1. The van der Waals surface area contributed by atoms with Gasteiger partial charge in [0.15, 0.2) is 0 Å². The van der Waals surface area contributed by atoms with Crippen LogP contribution in [0.15, 0.2) is 89.7 Å². The van der Waals surface area contributed by atoms with E-state index >= 15 is 0 Å². The summed E-state index contributed by atoms with van der Waals surface area (Å²) < 4.78 is 11.1. The predicted octanol–water partition coefficient (Wildman–Crippen LogP) is 8.94. The van der Waals surface area contributed by atoms with Gasteiger partial charge in [0, 0.05) is 57.3 Å². The van der Waals surface area contributed by atoms with Crippen LogP contribution in [0.4, 0.5) is 5.69 Å². The SMILES string of the molecule is CCn1c2ccccc2c2cc([P@](=Nc3cccc4ccccc34)(N3CCCC3)C(C)(C)C)ccc21. The topological polar surface area (TPSA) is 20.5 Å². The second kappa shape index (κ2) is 8.91. The molecule has 0 radical (unpaired) electrons. The van der Waals surface area contributed by atoms with E-state index in [-0.39, 0.29) is 5.16 Å². The average molecular weight is 494 g/mol. The number of hydrogen-bond donors (Lipinski definition) is 0. The molecule has 0 unspecified atom stereocenters. The number of para-hydroxylation sites is 1. The van der Waals surface area contributed by atoms with Crippen molar-refractivity contribution in [3.05, 3.63) is 84.9 Å². The van der Waals surface area contributed by atoms with E-state index in [1.165, 1.54) is 50.7 Å². The molecule has 184 valence electrons. The first-order valence-electron chi connectivity index (χ1n) is 13.3. The van der Waals surface area contributed by atoms with E-state index in [9.17, 15) is 0 Å². The summed E-state index contributed by atoms with van der Waals surface area (Å²) in [6.45, 7) is 12.7. The summed E-state index contributed by atoms with van der Waals surface area (Å²) in [6, 6.07) is 31.4. The minimum Gasteiger partial charge on any atom is -0.341 e. The number of hydrogen-bond acceptors (Lipinski definition) is 1. The smallest absolute Gasteiger partial charge is 0.0720 e. The van der Waals surface area contributed by atoms with Crippen molar-refractivity contribution in [2.75, 3.05) is 13.1 Å². The Morgan fingerprint density at radius 2 is 1.42 bits per heavy atom. The molecule has 5 aromatic rings.